The molecule has 0 unspecified atom stereocenters. The first-order chi connectivity index (χ1) is 19.9. The summed E-state index contributed by atoms with van der Waals surface area (Å²) < 4.78 is 1.66. The molecule has 0 atom stereocenters. The quantitative estimate of drug-likeness (QED) is 0.348. The van der Waals surface area contributed by atoms with Crippen molar-refractivity contribution >= 4 is 40.7 Å². The maximum absolute atomic E-state index is 13.7. The summed E-state index contributed by atoms with van der Waals surface area (Å²) >= 11 is 12.5. The van der Waals surface area contributed by atoms with E-state index in [1.54, 1.807) is 30.1 Å². The fourth-order valence-corrected chi connectivity index (χ4v) is 6.24. The average Bonchev–Trinajstić information content (AvgIpc) is 3.53. The molecular formula is C30H37Cl2N7O2. The molecule has 2 aliphatic rings. The topological polar surface area (TPSA) is 87.5 Å². The molecule has 3 aromatic rings. The summed E-state index contributed by atoms with van der Waals surface area (Å²) in [6.45, 7) is 6.54. The van der Waals surface area contributed by atoms with Crippen molar-refractivity contribution in [2.45, 2.75) is 45.4 Å². The molecule has 0 saturated carbocycles. The summed E-state index contributed by atoms with van der Waals surface area (Å²) in [6.07, 6.45) is 7.25. The molecule has 2 amide bonds. The molecule has 218 valence electrons. The molecule has 41 heavy (non-hydrogen) atoms. The SMILES string of the molecule is CC(=O)N1CCC(C(=O)N(CCCN2CCC(Cc3ccc(-n4cnnn4)cc3)CC2)c2ccc(Cl)c(Cl)c2)CC1. The second kappa shape index (κ2) is 13.8. The van der Waals surface area contributed by atoms with E-state index in [0.29, 0.717) is 48.4 Å². The number of amides is 2. The number of piperidine rings is 2. The predicted molar refractivity (Wildman–Crippen MR) is 160 cm³/mol. The highest BCUT2D eigenvalue weighted by atomic mass is 35.5. The number of tetrazole rings is 1. The number of hydrogen-bond acceptors (Lipinski definition) is 6. The van der Waals surface area contributed by atoms with Crippen molar-refractivity contribution in [3.05, 3.63) is 64.4 Å². The van der Waals surface area contributed by atoms with Crippen LogP contribution < -0.4 is 4.90 Å². The number of nitrogens with zero attached hydrogens (tertiary/aromatic N) is 7. The van der Waals surface area contributed by atoms with Crippen LogP contribution in [-0.4, -0.2) is 81.1 Å². The first-order valence-electron chi connectivity index (χ1n) is 14.4. The van der Waals surface area contributed by atoms with E-state index >= 15 is 0 Å². The van der Waals surface area contributed by atoms with Gasteiger partial charge < -0.3 is 14.7 Å². The molecule has 2 fully saturated rings. The molecule has 5 rings (SSSR count). The highest BCUT2D eigenvalue weighted by Crippen LogP contribution is 2.30. The van der Waals surface area contributed by atoms with E-state index in [2.05, 4.69) is 44.7 Å². The lowest BCUT2D eigenvalue weighted by molar-refractivity contribution is -0.133. The molecule has 0 aliphatic carbocycles. The smallest absolute Gasteiger partial charge is 0.230 e. The molecule has 0 bridgehead atoms. The van der Waals surface area contributed by atoms with Crippen molar-refractivity contribution in [1.82, 2.24) is 30.0 Å². The van der Waals surface area contributed by atoms with Gasteiger partial charge in [-0.15, -0.1) is 5.10 Å². The largest absolute Gasteiger partial charge is 0.343 e. The lowest BCUT2D eigenvalue weighted by Gasteiger charge is -2.35. The Labute approximate surface area is 251 Å². The summed E-state index contributed by atoms with van der Waals surface area (Å²) in [5, 5.41) is 12.3. The molecule has 2 aliphatic heterocycles. The molecular weight excluding hydrogens is 561 g/mol. The highest BCUT2D eigenvalue weighted by molar-refractivity contribution is 6.42. The Morgan fingerprint density at radius 1 is 0.951 bits per heavy atom. The van der Waals surface area contributed by atoms with Crippen LogP contribution in [0.15, 0.2) is 48.8 Å². The summed E-state index contributed by atoms with van der Waals surface area (Å²) in [5.41, 5.74) is 3.08. The van der Waals surface area contributed by atoms with Crippen LogP contribution in [0, 0.1) is 11.8 Å². The third-order valence-corrected chi connectivity index (χ3v) is 9.15. The van der Waals surface area contributed by atoms with Gasteiger partial charge >= 0.3 is 0 Å². The Kier molecular flexibility index (Phi) is 9.90. The highest BCUT2D eigenvalue weighted by Gasteiger charge is 2.30. The van der Waals surface area contributed by atoms with Crippen LogP contribution in [0.5, 0.6) is 0 Å². The van der Waals surface area contributed by atoms with Gasteiger partial charge in [0.2, 0.25) is 11.8 Å². The molecule has 2 saturated heterocycles. The monoisotopic (exact) mass is 597 g/mol. The first-order valence-corrected chi connectivity index (χ1v) is 15.2. The van der Waals surface area contributed by atoms with Crippen LogP contribution >= 0.6 is 23.2 Å². The van der Waals surface area contributed by atoms with E-state index in [4.69, 9.17) is 23.2 Å². The number of anilines is 1. The van der Waals surface area contributed by atoms with Gasteiger partial charge in [0.15, 0.2) is 0 Å². The molecule has 0 radical (unpaired) electrons. The van der Waals surface area contributed by atoms with Gasteiger partial charge in [-0.1, -0.05) is 35.3 Å². The van der Waals surface area contributed by atoms with E-state index in [-0.39, 0.29) is 17.7 Å². The van der Waals surface area contributed by atoms with E-state index in [1.807, 2.05) is 15.9 Å². The third-order valence-electron chi connectivity index (χ3n) is 8.41. The molecule has 9 nitrogen and oxygen atoms in total. The minimum absolute atomic E-state index is 0.0693. The molecule has 0 N–H and O–H groups in total. The van der Waals surface area contributed by atoms with Crippen molar-refractivity contribution in [2.24, 2.45) is 11.8 Å². The van der Waals surface area contributed by atoms with Crippen LogP contribution in [-0.2, 0) is 16.0 Å². The normalized spacial score (nSPS) is 17.1. The Hall–Kier alpha value is -3.01. The van der Waals surface area contributed by atoms with Gasteiger partial charge in [-0.2, -0.15) is 0 Å². The van der Waals surface area contributed by atoms with Crippen molar-refractivity contribution in [3.8, 4) is 5.69 Å². The van der Waals surface area contributed by atoms with Crippen LogP contribution in [0.25, 0.3) is 5.69 Å². The number of hydrogen-bond donors (Lipinski definition) is 0. The van der Waals surface area contributed by atoms with Gasteiger partial charge in [0.05, 0.1) is 15.7 Å². The van der Waals surface area contributed by atoms with Gasteiger partial charge in [-0.25, -0.2) is 4.68 Å². The average molecular weight is 599 g/mol. The third kappa shape index (κ3) is 7.64. The summed E-state index contributed by atoms with van der Waals surface area (Å²) in [4.78, 5) is 31.6. The molecule has 1 aromatic heterocycles. The predicted octanol–water partition coefficient (Wildman–Crippen LogP) is 4.91. The number of rotatable bonds is 9. The van der Waals surface area contributed by atoms with Gasteiger partial charge in [0.25, 0.3) is 0 Å². The summed E-state index contributed by atoms with van der Waals surface area (Å²) in [6, 6.07) is 13.9. The Balaban J connectivity index is 1.12. The molecule has 11 heteroatoms. The minimum Gasteiger partial charge on any atom is -0.343 e. The van der Waals surface area contributed by atoms with Crippen LogP contribution in [0.4, 0.5) is 5.69 Å². The molecule has 0 spiro atoms. The maximum Gasteiger partial charge on any atom is 0.230 e. The first kappa shape index (κ1) is 29.5. The Morgan fingerprint density at radius 2 is 1.68 bits per heavy atom. The minimum atomic E-state index is -0.0993. The number of benzene rings is 2. The summed E-state index contributed by atoms with van der Waals surface area (Å²) in [5.74, 6) is 0.745. The van der Waals surface area contributed by atoms with E-state index in [1.165, 1.54) is 18.4 Å². The zero-order chi connectivity index (χ0) is 28.8. The summed E-state index contributed by atoms with van der Waals surface area (Å²) in [7, 11) is 0. The maximum atomic E-state index is 13.7. The van der Waals surface area contributed by atoms with Crippen LogP contribution in [0.1, 0.15) is 44.6 Å². The Morgan fingerprint density at radius 3 is 2.32 bits per heavy atom. The van der Waals surface area contributed by atoms with Crippen molar-refractivity contribution in [2.75, 3.05) is 44.2 Å². The number of carbonyl (C=O) groups is 2. The van der Waals surface area contributed by atoms with Gasteiger partial charge in [0.1, 0.15) is 6.33 Å². The number of likely N-dealkylation sites (tertiary alicyclic amines) is 2. The standard InChI is InChI=1S/C30H37Cl2N7O2/c1-22(40)37-17-11-25(12-18-37)30(41)38(27-7-8-28(31)29(32)20-27)14-2-13-36-15-9-24(10-16-36)19-23-3-5-26(6-4-23)39-21-33-34-35-39/h3-8,20-21,24-25H,2,9-19H2,1H3. The molecule has 2 aromatic carbocycles. The van der Waals surface area contributed by atoms with E-state index in [0.717, 1.165) is 43.9 Å². The Bertz CT molecular complexity index is 1300. The lowest BCUT2D eigenvalue weighted by Crippen LogP contribution is -2.45. The van der Waals surface area contributed by atoms with E-state index < -0.39 is 0 Å². The van der Waals surface area contributed by atoms with Gasteiger partial charge in [-0.3, -0.25) is 9.59 Å². The fraction of sp³-hybridized carbons (Fsp3) is 0.500. The van der Waals surface area contributed by atoms with Crippen LogP contribution in [0.2, 0.25) is 10.0 Å². The zero-order valence-electron chi connectivity index (χ0n) is 23.5. The number of halogens is 2. The number of carbonyl (C=O) groups excluding carboxylic acids is 2. The second-order valence-corrected chi connectivity index (χ2v) is 11.9. The van der Waals surface area contributed by atoms with Crippen molar-refractivity contribution in [1.29, 1.82) is 0 Å². The van der Waals surface area contributed by atoms with Crippen LogP contribution in [0.3, 0.4) is 0 Å². The number of aromatic nitrogens is 4. The lowest BCUT2D eigenvalue weighted by atomic mass is 9.90. The second-order valence-electron chi connectivity index (χ2n) is 11.1. The van der Waals surface area contributed by atoms with Crippen molar-refractivity contribution in [3.63, 3.8) is 0 Å². The van der Waals surface area contributed by atoms with E-state index in [9.17, 15) is 9.59 Å². The fourth-order valence-electron chi connectivity index (χ4n) is 5.95. The molecule has 3 heterocycles. The van der Waals surface area contributed by atoms with Crippen molar-refractivity contribution < 1.29 is 9.59 Å². The van der Waals surface area contributed by atoms with Gasteiger partial charge in [0, 0.05) is 38.2 Å². The van der Waals surface area contributed by atoms with Gasteiger partial charge in [-0.05, 0) is 110 Å². The zero-order valence-corrected chi connectivity index (χ0v) is 25.0.